The highest BCUT2D eigenvalue weighted by atomic mass is 32.1. The molecule has 2 aromatic rings. The van der Waals surface area contributed by atoms with Crippen molar-refractivity contribution in [3.63, 3.8) is 0 Å². The number of alkyl halides is 2. The predicted molar refractivity (Wildman–Crippen MR) is 92.1 cm³/mol. The predicted octanol–water partition coefficient (Wildman–Crippen LogP) is 3.96. The Morgan fingerprint density at radius 3 is 2.96 bits per heavy atom. The molecule has 2 heterocycles. The molecule has 0 atom stereocenters. The Morgan fingerprint density at radius 1 is 1.36 bits per heavy atom. The van der Waals surface area contributed by atoms with Crippen molar-refractivity contribution >= 4 is 23.3 Å². The molecule has 1 aliphatic heterocycles. The van der Waals surface area contributed by atoms with Crippen LogP contribution in [0.1, 0.15) is 16.0 Å². The monoisotopic (exact) mass is 365 g/mol. The molecular weight excluding hydrogens is 348 g/mol. The molecule has 0 bridgehead atoms. The molecule has 0 aliphatic carbocycles. The number of halogens is 2. The summed E-state index contributed by atoms with van der Waals surface area (Å²) in [5.41, 5.74) is 1.53. The Balaban J connectivity index is 1.76. The number of carbonyl (C=O) groups is 1. The van der Waals surface area contributed by atoms with Gasteiger partial charge in [-0.05, 0) is 35.6 Å². The fourth-order valence-electron chi connectivity index (χ4n) is 2.74. The molecular formula is C18H17F2NO3S. The molecule has 0 N–H and O–H groups in total. The SMILES string of the molecule is COc1cccc(C=CC(=O)N2CCc3sccc3C2)c1OC(F)F. The standard InChI is InChI=1S/C18H17F2NO3S/c1-23-14-4-2-3-12(17(14)24-18(19)20)5-6-16(22)21-9-7-15-13(11-21)8-10-25-15/h2-6,8,10,18H,7,9,11H2,1H3. The van der Waals surface area contributed by atoms with Gasteiger partial charge in [0.1, 0.15) is 0 Å². The molecule has 1 aromatic carbocycles. The van der Waals surface area contributed by atoms with E-state index in [0.717, 1.165) is 6.42 Å². The van der Waals surface area contributed by atoms with Gasteiger partial charge in [-0.25, -0.2) is 0 Å². The summed E-state index contributed by atoms with van der Waals surface area (Å²) in [7, 11) is 1.37. The largest absolute Gasteiger partial charge is 0.493 e. The van der Waals surface area contributed by atoms with Crippen LogP contribution in [0.2, 0.25) is 0 Å². The number of thiophene rings is 1. The summed E-state index contributed by atoms with van der Waals surface area (Å²) >= 11 is 1.70. The summed E-state index contributed by atoms with van der Waals surface area (Å²) in [6, 6.07) is 6.80. The molecule has 4 nitrogen and oxygen atoms in total. The Morgan fingerprint density at radius 2 is 2.20 bits per heavy atom. The van der Waals surface area contributed by atoms with Crippen LogP contribution in [0.5, 0.6) is 11.5 Å². The minimum absolute atomic E-state index is 0.0807. The van der Waals surface area contributed by atoms with Crippen LogP contribution in [0.3, 0.4) is 0 Å². The van der Waals surface area contributed by atoms with Crippen LogP contribution in [0.25, 0.3) is 6.08 Å². The molecule has 1 amide bonds. The number of amides is 1. The van der Waals surface area contributed by atoms with Crippen LogP contribution < -0.4 is 9.47 Å². The van der Waals surface area contributed by atoms with E-state index < -0.39 is 6.61 Å². The zero-order valence-corrected chi connectivity index (χ0v) is 14.4. The van der Waals surface area contributed by atoms with Gasteiger partial charge >= 0.3 is 6.61 Å². The van der Waals surface area contributed by atoms with Crippen molar-refractivity contribution in [3.05, 3.63) is 51.7 Å². The van der Waals surface area contributed by atoms with E-state index >= 15 is 0 Å². The zero-order chi connectivity index (χ0) is 17.8. The summed E-state index contributed by atoms with van der Waals surface area (Å²) < 4.78 is 34.9. The highest BCUT2D eigenvalue weighted by Gasteiger charge is 2.20. The maximum atomic E-state index is 12.6. The highest BCUT2D eigenvalue weighted by molar-refractivity contribution is 7.10. The first kappa shape index (κ1) is 17.4. The molecule has 132 valence electrons. The molecule has 25 heavy (non-hydrogen) atoms. The van der Waals surface area contributed by atoms with Crippen molar-refractivity contribution in [3.8, 4) is 11.5 Å². The fourth-order valence-corrected chi connectivity index (χ4v) is 3.63. The Bertz CT molecular complexity index is 788. The first-order valence-electron chi connectivity index (χ1n) is 7.72. The highest BCUT2D eigenvalue weighted by Crippen LogP contribution is 2.33. The summed E-state index contributed by atoms with van der Waals surface area (Å²) in [5.74, 6) is -0.0544. The van der Waals surface area contributed by atoms with Crippen LogP contribution in [0.15, 0.2) is 35.7 Å². The Hall–Kier alpha value is -2.41. The summed E-state index contributed by atoms with van der Waals surface area (Å²) in [6.07, 6.45) is 3.70. The van der Waals surface area contributed by atoms with Crippen molar-refractivity contribution in [2.45, 2.75) is 19.6 Å². The molecule has 1 aromatic heterocycles. The minimum Gasteiger partial charge on any atom is -0.493 e. The van der Waals surface area contributed by atoms with Crippen molar-refractivity contribution in [2.24, 2.45) is 0 Å². The van der Waals surface area contributed by atoms with Crippen LogP contribution in [0, 0.1) is 0 Å². The maximum Gasteiger partial charge on any atom is 0.387 e. The van der Waals surface area contributed by atoms with Gasteiger partial charge in [0.2, 0.25) is 5.91 Å². The average molecular weight is 365 g/mol. The average Bonchev–Trinajstić information content (AvgIpc) is 3.07. The van der Waals surface area contributed by atoms with Gasteiger partial charge in [-0.15, -0.1) is 11.3 Å². The van der Waals surface area contributed by atoms with Gasteiger partial charge in [0, 0.05) is 29.6 Å². The number of hydrogen-bond acceptors (Lipinski definition) is 4. The first-order chi connectivity index (χ1) is 12.1. The van der Waals surface area contributed by atoms with Crippen LogP contribution in [-0.4, -0.2) is 31.1 Å². The van der Waals surface area contributed by atoms with E-state index in [1.54, 1.807) is 28.4 Å². The van der Waals surface area contributed by atoms with Crippen molar-refractivity contribution in [2.75, 3.05) is 13.7 Å². The lowest BCUT2D eigenvalue weighted by atomic mass is 10.1. The van der Waals surface area contributed by atoms with E-state index in [1.807, 2.05) is 11.4 Å². The quantitative estimate of drug-likeness (QED) is 0.753. The van der Waals surface area contributed by atoms with Gasteiger partial charge in [0.15, 0.2) is 11.5 Å². The molecule has 0 unspecified atom stereocenters. The van der Waals surface area contributed by atoms with Gasteiger partial charge in [-0.2, -0.15) is 8.78 Å². The van der Waals surface area contributed by atoms with E-state index in [2.05, 4.69) is 4.74 Å². The van der Waals surface area contributed by atoms with Crippen molar-refractivity contribution in [1.29, 1.82) is 0 Å². The van der Waals surface area contributed by atoms with Crippen LogP contribution >= 0.6 is 11.3 Å². The second-order valence-electron chi connectivity index (χ2n) is 5.47. The molecule has 0 saturated carbocycles. The van der Waals surface area contributed by atoms with Gasteiger partial charge in [-0.1, -0.05) is 12.1 Å². The van der Waals surface area contributed by atoms with E-state index in [1.165, 1.54) is 35.8 Å². The van der Waals surface area contributed by atoms with Gasteiger partial charge in [0.05, 0.1) is 7.11 Å². The van der Waals surface area contributed by atoms with Gasteiger partial charge < -0.3 is 14.4 Å². The van der Waals surface area contributed by atoms with E-state index in [9.17, 15) is 13.6 Å². The van der Waals surface area contributed by atoms with Gasteiger partial charge in [-0.3, -0.25) is 4.79 Å². The Kier molecular flexibility index (Phi) is 5.33. The van der Waals surface area contributed by atoms with Gasteiger partial charge in [0.25, 0.3) is 0 Å². The lowest BCUT2D eigenvalue weighted by molar-refractivity contribution is -0.126. The lowest BCUT2D eigenvalue weighted by Gasteiger charge is -2.25. The lowest BCUT2D eigenvalue weighted by Crippen LogP contribution is -2.34. The van der Waals surface area contributed by atoms with Crippen molar-refractivity contribution in [1.82, 2.24) is 4.90 Å². The number of nitrogens with zero attached hydrogens (tertiary/aromatic N) is 1. The number of rotatable bonds is 5. The number of ether oxygens (including phenoxy) is 2. The number of carbonyl (C=O) groups excluding carboxylic acids is 1. The number of benzene rings is 1. The first-order valence-corrected chi connectivity index (χ1v) is 8.60. The molecule has 0 saturated heterocycles. The van der Waals surface area contributed by atoms with Crippen LogP contribution in [-0.2, 0) is 17.8 Å². The number of methoxy groups -OCH3 is 1. The normalized spacial score (nSPS) is 14.0. The van der Waals surface area contributed by atoms with Crippen LogP contribution in [0.4, 0.5) is 8.78 Å². The van der Waals surface area contributed by atoms with Crippen molar-refractivity contribution < 1.29 is 23.0 Å². The smallest absolute Gasteiger partial charge is 0.387 e. The summed E-state index contributed by atoms with van der Waals surface area (Å²) in [6.45, 7) is -1.76. The van der Waals surface area contributed by atoms with E-state index in [4.69, 9.17) is 4.74 Å². The van der Waals surface area contributed by atoms with E-state index in [0.29, 0.717) is 18.7 Å². The minimum atomic E-state index is -2.97. The third-order valence-electron chi connectivity index (χ3n) is 3.96. The molecule has 0 fully saturated rings. The van der Waals surface area contributed by atoms with E-state index in [-0.39, 0.29) is 17.4 Å². The topological polar surface area (TPSA) is 38.8 Å². The third-order valence-corrected chi connectivity index (χ3v) is 4.98. The number of hydrogen-bond donors (Lipinski definition) is 0. The molecule has 3 rings (SSSR count). The Labute approximate surface area is 148 Å². The molecule has 7 heteroatoms. The second kappa shape index (κ2) is 7.65. The summed E-state index contributed by atoms with van der Waals surface area (Å²) in [5, 5.41) is 2.03. The number of para-hydroxylation sites is 1. The summed E-state index contributed by atoms with van der Waals surface area (Å²) in [4.78, 5) is 15.5. The fraction of sp³-hybridized carbons (Fsp3) is 0.278. The zero-order valence-electron chi connectivity index (χ0n) is 13.6. The molecule has 0 radical (unpaired) electrons. The molecule has 0 spiro atoms. The third kappa shape index (κ3) is 3.99. The molecule has 1 aliphatic rings. The number of fused-ring (bicyclic) bond motifs is 1. The maximum absolute atomic E-state index is 12.6. The second-order valence-corrected chi connectivity index (χ2v) is 6.47.